The average molecular weight is 357 g/mol. The molecular weight excluding hydrogens is 328 g/mol. The van der Waals surface area contributed by atoms with Crippen LogP contribution < -0.4 is 20.1 Å². The number of hydrogen-bond acceptors (Lipinski definition) is 4. The number of carbonyl (C=O) groups is 1. The summed E-state index contributed by atoms with van der Waals surface area (Å²) in [5.41, 5.74) is 1.02. The topological polar surface area (TPSA) is 59.6 Å². The first-order chi connectivity index (χ1) is 11.2. The van der Waals surface area contributed by atoms with Gasteiger partial charge in [-0.1, -0.05) is 6.07 Å². The van der Waals surface area contributed by atoms with Gasteiger partial charge in [-0.05, 0) is 57.9 Å². The molecule has 0 aromatic heterocycles. The maximum atomic E-state index is 12.4. The fourth-order valence-corrected chi connectivity index (χ4v) is 2.83. The summed E-state index contributed by atoms with van der Waals surface area (Å²) in [6.45, 7) is 8.86. The number of rotatable bonds is 7. The van der Waals surface area contributed by atoms with E-state index in [1.807, 2.05) is 39.0 Å². The van der Waals surface area contributed by atoms with Gasteiger partial charge in [-0.3, -0.25) is 4.79 Å². The molecule has 0 bridgehead atoms. The van der Waals surface area contributed by atoms with Gasteiger partial charge in [0.05, 0.1) is 25.2 Å². The van der Waals surface area contributed by atoms with Gasteiger partial charge in [0.25, 0.3) is 0 Å². The molecule has 0 radical (unpaired) electrons. The average Bonchev–Trinajstić information content (AvgIpc) is 2.57. The molecule has 0 saturated carbocycles. The second-order valence-electron chi connectivity index (χ2n) is 5.85. The van der Waals surface area contributed by atoms with Crippen molar-refractivity contribution in [2.75, 3.05) is 26.3 Å². The van der Waals surface area contributed by atoms with Crippen LogP contribution in [0, 0.1) is 5.92 Å². The van der Waals surface area contributed by atoms with Crippen LogP contribution in [0.25, 0.3) is 0 Å². The normalized spacial score (nSPS) is 18.2. The van der Waals surface area contributed by atoms with Crippen molar-refractivity contribution in [3.05, 3.63) is 23.8 Å². The number of piperidine rings is 1. The molecule has 5 nitrogen and oxygen atoms in total. The molecule has 2 atom stereocenters. The molecule has 6 heteroatoms. The predicted molar refractivity (Wildman–Crippen MR) is 98.2 cm³/mol. The minimum atomic E-state index is -0.0562. The fourth-order valence-electron chi connectivity index (χ4n) is 2.83. The van der Waals surface area contributed by atoms with Crippen LogP contribution in [0.5, 0.6) is 11.5 Å². The molecule has 0 aliphatic carbocycles. The van der Waals surface area contributed by atoms with Gasteiger partial charge in [0.2, 0.25) is 5.91 Å². The number of benzene rings is 1. The Morgan fingerprint density at radius 2 is 2.00 bits per heavy atom. The van der Waals surface area contributed by atoms with Gasteiger partial charge in [0.15, 0.2) is 11.5 Å². The van der Waals surface area contributed by atoms with E-state index in [1.165, 1.54) is 0 Å². The van der Waals surface area contributed by atoms with Gasteiger partial charge in [-0.2, -0.15) is 0 Å². The zero-order valence-corrected chi connectivity index (χ0v) is 15.6. The number of halogens is 1. The van der Waals surface area contributed by atoms with Crippen LogP contribution in [0.4, 0.5) is 0 Å². The molecule has 2 rings (SSSR count). The lowest BCUT2D eigenvalue weighted by atomic mass is 9.98. The molecule has 1 fully saturated rings. The molecule has 1 amide bonds. The summed E-state index contributed by atoms with van der Waals surface area (Å²) in [7, 11) is 0. The van der Waals surface area contributed by atoms with Crippen molar-refractivity contribution in [3.8, 4) is 11.5 Å². The lowest BCUT2D eigenvalue weighted by Gasteiger charge is -2.24. The molecule has 1 saturated heterocycles. The molecule has 136 valence electrons. The number of hydrogen-bond donors (Lipinski definition) is 2. The Morgan fingerprint density at radius 1 is 1.29 bits per heavy atom. The van der Waals surface area contributed by atoms with E-state index < -0.39 is 0 Å². The van der Waals surface area contributed by atoms with Crippen molar-refractivity contribution in [3.63, 3.8) is 0 Å². The van der Waals surface area contributed by atoms with E-state index in [0.717, 1.165) is 43.0 Å². The van der Waals surface area contributed by atoms with Gasteiger partial charge in [0, 0.05) is 6.54 Å². The number of ether oxygens (including phenoxy) is 2. The molecule has 1 aromatic rings. The molecule has 24 heavy (non-hydrogen) atoms. The van der Waals surface area contributed by atoms with E-state index >= 15 is 0 Å². The maximum Gasteiger partial charge on any atom is 0.224 e. The van der Waals surface area contributed by atoms with Crippen molar-refractivity contribution in [1.82, 2.24) is 10.6 Å². The minimum Gasteiger partial charge on any atom is -0.490 e. The predicted octanol–water partition coefficient (Wildman–Crippen LogP) is 3.08. The number of carbonyl (C=O) groups excluding carboxylic acids is 1. The van der Waals surface area contributed by atoms with E-state index in [9.17, 15) is 4.79 Å². The molecule has 1 aliphatic rings. The molecule has 1 heterocycles. The zero-order valence-electron chi connectivity index (χ0n) is 14.8. The third kappa shape index (κ3) is 5.56. The highest BCUT2D eigenvalue weighted by Gasteiger charge is 2.22. The fraction of sp³-hybridized carbons (Fsp3) is 0.611. The highest BCUT2D eigenvalue weighted by atomic mass is 35.5. The Morgan fingerprint density at radius 3 is 2.62 bits per heavy atom. The first kappa shape index (κ1) is 20.6. The summed E-state index contributed by atoms with van der Waals surface area (Å²) < 4.78 is 11.2. The molecule has 2 N–H and O–H groups in total. The van der Waals surface area contributed by atoms with Crippen LogP contribution in [0.1, 0.15) is 45.2 Å². The van der Waals surface area contributed by atoms with E-state index in [2.05, 4.69) is 10.6 Å². The van der Waals surface area contributed by atoms with Crippen molar-refractivity contribution in [2.45, 2.75) is 39.7 Å². The third-order valence-electron chi connectivity index (χ3n) is 4.09. The van der Waals surface area contributed by atoms with Crippen LogP contribution in [0.15, 0.2) is 18.2 Å². The second-order valence-corrected chi connectivity index (χ2v) is 5.85. The first-order valence-corrected chi connectivity index (χ1v) is 8.56. The summed E-state index contributed by atoms with van der Waals surface area (Å²) >= 11 is 0. The third-order valence-corrected chi connectivity index (χ3v) is 4.09. The Kier molecular flexibility index (Phi) is 8.93. The lowest BCUT2D eigenvalue weighted by molar-refractivity contribution is -0.126. The van der Waals surface area contributed by atoms with Crippen LogP contribution in [0.3, 0.4) is 0 Å². The summed E-state index contributed by atoms with van der Waals surface area (Å²) in [5, 5.41) is 6.39. The van der Waals surface area contributed by atoms with Crippen LogP contribution in [-0.4, -0.2) is 32.2 Å². The number of amides is 1. The summed E-state index contributed by atoms with van der Waals surface area (Å²) in [6, 6.07) is 5.80. The molecule has 1 aliphatic heterocycles. The smallest absolute Gasteiger partial charge is 0.224 e. The summed E-state index contributed by atoms with van der Waals surface area (Å²) in [4.78, 5) is 12.4. The van der Waals surface area contributed by atoms with E-state index in [-0.39, 0.29) is 30.3 Å². The van der Waals surface area contributed by atoms with Gasteiger partial charge >= 0.3 is 0 Å². The Balaban J connectivity index is 0.00000288. The van der Waals surface area contributed by atoms with Crippen LogP contribution in [0.2, 0.25) is 0 Å². The van der Waals surface area contributed by atoms with Gasteiger partial charge in [-0.25, -0.2) is 0 Å². The molecular formula is C18H29ClN2O3. The highest BCUT2D eigenvalue weighted by molar-refractivity contribution is 5.85. The Bertz CT molecular complexity index is 519. The van der Waals surface area contributed by atoms with Crippen molar-refractivity contribution in [2.24, 2.45) is 5.92 Å². The summed E-state index contributed by atoms with van der Waals surface area (Å²) in [5.74, 6) is 1.66. The Hall–Kier alpha value is -1.46. The van der Waals surface area contributed by atoms with Gasteiger partial charge in [-0.15, -0.1) is 12.4 Å². The van der Waals surface area contributed by atoms with Crippen LogP contribution in [-0.2, 0) is 4.79 Å². The second kappa shape index (κ2) is 10.4. The first-order valence-electron chi connectivity index (χ1n) is 8.56. The van der Waals surface area contributed by atoms with E-state index in [4.69, 9.17) is 9.47 Å². The lowest BCUT2D eigenvalue weighted by Crippen LogP contribution is -2.41. The standard InChI is InChI=1S/C18H28N2O3.ClH/c1-4-22-16-9-8-14(11-17(16)23-5-2)13(3)20-18(21)15-7-6-10-19-12-15;/h8-9,11,13,15,19H,4-7,10,12H2,1-3H3,(H,20,21);1H. The van der Waals surface area contributed by atoms with Crippen molar-refractivity contribution in [1.29, 1.82) is 0 Å². The van der Waals surface area contributed by atoms with Crippen molar-refractivity contribution < 1.29 is 14.3 Å². The quantitative estimate of drug-likeness (QED) is 0.788. The van der Waals surface area contributed by atoms with E-state index in [0.29, 0.717) is 13.2 Å². The Labute approximate surface area is 150 Å². The van der Waals surface area contributed by atoms with Crippen LogP contribution >= 0.6 is 12.4 Å². The maximum absolute atomic E-state index is 12.4. The monoisotopic (exact) mass is 356 g/mol. The number of nitrogens with one attached hydrogen (secondary N) is 2. The van der Waals surface area contributed by atoms with Crippen molar-refractivity contribution >= 4 is 18.3 Å². The highest BCUT2D eigenvalue weighted by Crippen LogP contribution is 2.30. The zero-order chi connectivity index (χ0) is 16.7. The molecule has 2 unspecified atom stereocenters. The SMILES string of the molecule is CCOc1ccc(C(C)NC(=O)C2CCCNC2)cc1OCC.Cl. The van der Waals surface area contributed by atoms with Gasteiger partial charge in [0.1, 0.15) is 0 Å². The van der Waals surface area contributed by atoms with Gasteiger partial charge < -0.3 is 20.1 Å². The summed E-state index contributed by atoms with van der Waals surface area (Å²) in [6.07, 6.45) is 2.02. The molecule has 0 spiro atoms. The largest absolute Gasteiger partial charge is 0.490 e. The minimum absolute atomic E-state index is 0. The molecule has 1 aromatic carbocycles. The van der Waals surface area contributed by atoms with E-state index in [1.54, 1.807) is 0 Å².